The van der Waals surface area contributed by atoms with Crippen LogP contribution in [0.4, 0.5) is 0 Å². The van der Waals surface area contributed by atoms with Crippen LogP contribution in [0, 0.1) is 0 Å². The molecular weight excluding hydrogens is 350 g/mol. The second kappa shape index (κ2) is 17.0. The summed E-state index contributed by atoms with van der Waals surface area (Å²) in [4.78, 5) is 7.92. The third kappa shape index (κ3) is 13.0. The third-order valence-corrected chi connectivity index (χ3v) is 9.27. The van der Waals surface area contributed by atoms with Crippen LogP contribution < -0.4 is 0 Å². The first-order chi connectivity index (χ1) is 13.0. The lowest BCUT2D eigenvalue weighted by atomic mass is 10.3. The maximum Gasteiger partial charge on any atom is 0.203 e. The van der Waals surface area contributed by atoms with E-state index in [0.717, 1.165) is 6.61 Å². The van der Waals surface area contributed by atoms with Crippen LogP contribution in [0.25, 0.3) is 0 Å². The zero-order valence-electron chi connectivity index (χ0n) is 19.9. The van der Waals surface area contributed by atoms with Gasteiger partial charge in [0.15, 0.2) is 0 Å². The normalized spacial score (nSPS) is 14.4. The minimum atomic E-state index is -1.59. The Morgan fingerprint density at radius 3 is 1.41 bits per heavy atom. The van der Waals surface area contributed by atoms with Gasteiger partial charge in [0.05, 0.1) is 0 Å². The Hall–Kier alpha value is 0.0569. The Morgan fingerprint density at radius 2 is 1.07 bits per heavy atom. The van der Waals surface area contributed by atoms with Crippen LogP contribution in [-0.2, 0) is 4.43 Å². The summed E-state index contributed by atoms with van der Waals surface area (Å²) in [5.74, 6) is 0. The van der Waals surface area contributed by atoms with Crippen LogP contribution in [-0.4, -0.2) is 88.2 Å². The fourth-order valence-electron chi connectivity index (χ4n) is 3.88. The van der Waals surface area contributed by atoms with Crippen molar-refractivity contribution in [3.8, 4) is 0 Å². The monoisotopic (exact) mass is 401 g/mol. The molecule has 0 aromatic rings. The molecule has 0 rings (SSSR count). The number of nitrogens with zero attached hydrogens (tertiary/aromatic N) is 3. The molecule has 0 saturated carbocycles. The molecule has 5 heteroatoms. The number of hydrogen-bond donors (Lipinski definition) is 0. The van der Waals surface area contributed by atoms with Gasteiger partial charge in [-0.05, 0) is 97.6 Å². The van der Waals surface area contributed by atoms with Crippen LogP contribution in [0.3, 0.4) is 0 Å². The molecule has 0 aliphatic carbocycles. The van der Waals surface area contributed by atoms with Crippen LogP contribution in [0.5, 0.6) is 0 Å². The lowest BCUT2D eigenvalue weighted by Gasteiger charge is -2.34. The first kappa shape index (κ1) is 27.1. The highest BCUT2D eigenvalue weighted by molar-refractivity contribution is 6.72. The van der Waals surface area contributed by atoms with E-state index in [1.54, 1.807) is 0 Å². The first-order valence-electron chi connectivity index (χ1n) is 11.8. The van der Waals surface area contributed by atoms with Gasteiger partial charge in [0, 0.05) is 12.8 Å². The summed E-state index contributed by atoms with van der Waals surface area (Å²) in [5.41, 5.74) is 0. The zero-order valence-corrected chi connectivity index (χ0v) is 20.9. The Kier molecular flexibility index (Phi) is 17.0. The summed E-state index contributed by atoms with van der Waals surface area (Å²) in [5, 5.41) is 0. The van der Waals surface area contributed by atoms with Gasteiger partial charge in [-0.25, -0.2) is 0 Å². The minimum Gasteiger partial charge on any atom is -0.416 e. The molecule has 0 saturated heterocycles. The minimum absolute atomic E-state index is 0.866. The quantitative estimate of drug-likeness (QED) is 0.292. The predicted molar refractivity (Wildman–Crippen MR) is 124 cm³/mol. The molecule has 0 amide bonds. The molecule has 4 nitrogen and oxygen atoms in total. The van der Waals surface area contributed by atoms with E-state index < -0.39 is 8.32 Å². The van der Waals surface area contributed by atoms with Crippen molar-refractivity contribution in [1.29, 1.82) is 0 Å². The first-order valence-corrected chi connectivity index (χ1v) is 14.6. The van der Waals surface area contributed by atoms with Gasteiger partial charge in [-0.15, -0.1) is 0 Å². The van der Waals surface area contributed by atoms with E-state index in [1.165, 1.54) is 90.3 Å². The summed E-state index contributed by atoms with van der Waals surface area (Å²) in [6.07, 6.45) is 6.26. The topological polar surface area (TPSA) is 19.0 Å². The maximum absolute atomic E-state index is 6.26. The summed E-state index contributed by atoms with van der Waals surface area (Å²) in [6.45, 7) is 26.6. The second-order valence-corrected chi connectivity index (χ2v) is 12.3. The van der Waals surface area contributed by atoms with Crippen molar-refractivity contribution < 1.29 is 4.43 Å². The van der Waals surface area contributed by atoms with Gasteiger partial charge in [-0.2, -0.15) is 0 Å². The summed E-state index contributed by atoms with van der Waals surface area (Å²) >= 11 is 0. The van der Waals surface area contributed by atoms with E-state index in [1.807, 2.05) is 0 Å². The van der Waals surface area contributed by atoms with Crippen LogP contribution in [0.1, 0.15) is 67.2 Å². The Balaban J connectivity index is 4.64. The Labute approximate surface area is 172 Å². The molecular formula is C22H51N3OSi. The van der Waals surface area contributed by atoms with Gasteiger partial charge < -0.3 is 19.1 Å². The SMILES string of the molecule is CCCN(CC)CCCN(CCCN(CC)CCC)C[Si](C)(CC)OCC. The van der Waals surface area contributed by atoms with Crippen LogP contribution >= 0.6 is 0 Å². The zero-order chi connectivity index (χ0) is 20.5. The average molecular weight is 402 g/mol. The van der Waals surface area contributed by atoms with E-state index in [9.17, 15) is 0 Å². The molecule has 0 spiro atoms. The van der Waals surface area contributed by atoms with Crippen molar-refractivity contribution >= 4 is 8.32 Å². The molecule has 0 N–H and O–H groups in total. The average Bonchev–Trinajstić information content (AvgIpc) is 2.66. The molecule has 0 aromatic carbocycles. The standard InChI is InChI=1S/C22H51N3OSi/c1-8-16-23(10-3)18-14-20-25(22-27(7,13-6)26-12-5)21-15-19-24(11-4)17-9-2/h8-22H2,1-7H3. The highest BCUT2D eigenvalue weighted by Crippen LogP contribution is 2.14. The van der Waals surface area contributed by atoms with Crippen molar-refractivity contribution in [1.82, 2.24) is 14.7 Å². The van der Waals surface area contributed by atoms with Crippen LogP contribution in [0.2, 0.25) is 12.6 Å². The lowest BCUT2D eigenvalue weighted by molar-refractivity contribution is 0.216. The van der Waals surface area contributed by atoms with E-state index in [-0.39, 0.29) is 0 Å². The van der Waals surface area contributed by atoms with Gasteiger partial charge in [-0.3, -0.25) is 0 Å². The van der Waals surface area contributed by atoms with E-state index in [4.69, 9.17) is 4.43 Å². The van der Waals surface area contributed by atoms with Gasteiger partial charge >= 0.3 is 0 Å². The largest absolute Gasteiger partial charge is 0.416 e. The van der Waals surface area contributed by atoms with Crippen molar-refractivity contribution in [2.75, 3.05) is 65.1 Å². The number of hydrogen-bond acceptors (Lipinski definition) is 4. The predicted octanol–water partition coefficient (Wildman–Crippen LogP) is 4.70. The van der Waals surface area contributed by atoms with Crippen molar-refractivity contribution in [3.05, 3.63) is 0 Å². The lowest BCUT2D eigenvalue weighted by Crippen LogP contribution is -2.48. The van der Waals surface area contributed by atoms with E-state index in [0.29, 0.717) is 0 Å². The van der Waals surface area contributed by atoms with Crippen LogP contribution in [0.15, 0.2) is 0 Å². The second-order valence-electron chi connectivity index (χ2n) is 8.09. The third-order valence-electron chi connectivity index (χ3n) is 5.67. The number of rotatable bonds is 19. The molecule has 0 fully saturated rings. The van der Waals surface area contributed by atoms with Gasteiger partial charge in [0.25, 0.3) is 0 Å². The highest BCUT2D eigenvalue weighted by Gasteiger charge is 2.29. The molecule has 164 valence electrons. The van der Waals surface area contributed by atoms with E-state index in [2.05, 4.69) is 62.8 Å². The van der Waals surface area contributed by atoms with Crippen molar-refractivity contribution in [3.63, 3.8) is 0 Å². The summed E-state index contributed by atoms with van der Waals surface area (Å²) in [7, 11) is -1.59. The molecule has 0 radical (unpaired) electrons. The van der Waals surface area contributed by atoms with Crippen molar-refractivity contribution in [2.45, 2.75) is 79.8 Å². The highest BCUT2D eigenvalue weighted by atomic mass is 28.4. The van der Waals surface area contributed by atoms with Gasteiger partial charge in [-0.1, -0.05) is 34.6 Å². The summed E-state index contributed by atoms with van der Waals surface area (Å²) < 4.78 is 6.26. The fraction of sp³-hybridized carbons (Fsp3) is 1.00. The van der Waals surface area contributed by atoms with Gasteiger partial charge in [0.1, 0.15) is 0 Å². The van der Waals surface area contributed by atoms with Gasteiger partial charge in [0.2, 0.25) is 8.32 Å². The Bertz CT molecular complexity index is 313. The smallest absolute Gasteiger partial charge is 0.203 e. The molecule has 27 heavy (non-hydrogen) atoms. The van der Waals surface area contributed by atoms with Crippen molar-refractivity contribution in [2.24, 2.45) is 0 Å². The molecule has 0 aromatic heterocycles. The molecule has 1 unspecified atom stereocenters. The fourth-order valence-corrected chi connectivity index (χ4v) is 6.35. The molecule has 0 aliphatic rings. The maximum atomic E-state index is 6.26. The molecule has 0 heterocycles. The Morgan fingerprint density at radius 1 is 0.630 bits per heavy atom. The van der Waals surface area contributed by atoms with E-state index >= 15 is 0 Å². The summed E-state index contributed by atoms with van der Waals surface area (Å²) in [6, 6.07) is 1.21. The molecule has 0 bridgehead atoms. The molecule has 0 aliphatic heterocycles. The molecule has 1 atom stereocenters.